The molecule has 1 aromatic carbocycles. The molecule has 0 saturated carbocycles. The second kappa shape index (κ2) is 4.65. The third kappa shape index (κ3) is 1.97. The minimum Gasteiger partial charge on any atom is -0.497 e. The molecule has 0 unspecified atom stereocenters. The van der Waals surface area contributed by atoms with E-state index in [-0.39, 0.29) is 5.56 Å². The number of methoxy groups -OCH3 is 1. The lowest BCUT2D eigenvalue weighted by Gasteiger charge is -2.06. The summed E-state index contributed by atoms with van der Waals surface area (Å²) in [7, 11) is 1.56. The van der Waals surface area contributed by atoms with Gasteiger partial charge in [-0.2, -0.15) is 0 Å². The van der Waals surface area contributed by atoms with Crippen molar-refractivity contribution in [3.63, 3.8) is 0 Å². The molecule has 100 valence electrons. The molecule has 0 radical (unpaired) electrons. The molecular weight excluding hydrogens is 256 g/mol. The van der Waals surface area contributed by atoms with Crippen LogP contribution in [0.5, 0.6) is 5.75 Å². The zero-order valence-electron chi connectivity index (χ0n) is 10.8. The van der Waals surface area contributed by atoms with E-state index in [2.05, 4.69) is 15.0 Å². The molecule has 3 N–H and O–H groups in total. The van der Waals surface area contributed by atoms with Gasteiger partial charge in [0.2, 0.25) is 0 Å². The molecule has 0 amide bonds. The zero-order valence-corrected chi connectivity index (χ0v) is 10.8. The van der Waals surface area contributed by atoms with E-state index in [1.807, 2.05) is 0 Å². The average molecular weight is 268 g/mol. The van der Waals surface area contributed by atoms with Crippen molar-refractivity contribution in [2.75, 3.05) is 12.8 Å². The predicted molar refractivity (Wildman–Crippen MR) is 76.6 cm³/mol. The van der Waals surface area contributed by atoms with Crippen LogP contribution in [0.25, 0.3) is 22.4 Å². The number of nitrogens with zero attached hydrogens (tertiary/aromatic N) is 2. The first-order chi connectivity index (χ1) is 9.69. The predicted octanol–water partition coefficient (Wildman–Crippen LogP) is 1.58. The van der Waals surface area contributed by atoms with Crippen molar-refractivity contribution >= 4 is 16.6 Å². The smallest absolute Gasteiger partial charge is 0.259 e. The molecule has 3 rings (SSSR count). The first-order valence-corrected chi connectivity index (χ1v) is 5.98. The van der Waals surface area contributed by atoms with Crippen LogP contribution in [-0.4, -0.2) is 22.1 Å². The number of ether oxygens (including phenoxy) is 1. The largest absolute Gasteiger partial charge is 0.497 e. The molecule has 0 aliphatic heterocycles. The van der Waals surface area contributed by atoms with E-state index in [1.165, 1.54) is 0 Å². The molecule has 0 aliphatic carbocycles. The molecule has 6 heteroatoms. The maximum atomic E-state index is 12.1. The fraction of sp³-hybridized carbons (Fsp3) is 0.0714. The summed E-state index contributed by atoms with van der Waals surface area (Å²) in [5, 5.41) is 0.490. The third-order valence-electron chi connectivity index (χ3n) is 2.98. The Kier molecular flexibility index (Phi) is 2.83. The fourth-order valence-corrected chi connectivity index (χ4v) is 1.97. The van der Waals surface area contributed by atoms with Crippen LogP contribution in [0.2, 0.25) is 0 Å². The van der Waals surface area contributed by atoms with Crippen LogP contribution >= 0.6 is 0 Å². The van der Waals surface area contributed by atoms with Gasteiger partial charge < -0.3 is 15.5 Å². The number of aromatic amines is 1. The van der Waals surface area contributed by atoms with Gasteiger partial charge in [-0.25, -0.2) is 4.98 Å². The number of hydrogen-bond acceptors (Lipinski definition) is 5. The topological polar surface area (TPSA) is 93.9 Å². The fourth-order valence-electron chi connectivity index (χ4n) is 1.97. The first-order valence-electron chi connectivity index (χ1n) is 5.98. The Labute approximate surface area is 114 Å². The van der Waals surface area contributed by atoms with Crippen LogP contribution in [0.3, 0.4) is 0 Å². The minimum absolute atomic E-state index is 0.238. The van der Waals surface area contributed by atoms with E-state index < -0.39 is 0 Å². The normalized spacial score (nSPS) is 10.7. The second-order valence-corrected chi connectivity index (χ2v) is 4.24. The molecule has 20 heavy (non-hydrogen) atoms. The second-order valence-electron chi connectivity index (χ2n) is 4.24. The molecule has 0 aliphatic rings. The zero-order chi connectivity index (χ0) is 14.1. The van der Waals surface area contributed by atoms with Gasteiger partial charge >= 0.3 is 0 Å². The van der Waals surface area contributed by atoms with Gasteiger partial charge in [-0.15, -0.1) is 0 Å². The number of benzene rings is 1. The summed E-state index contributed by atoms with van der Waals surface area (Å²) in [6.45, 7) is 0. The Morgan fingerprint density at radius 2 is 2.15 bits per heavy atom. The van der Waals surface area contributed by atoms with Crippen molar-refractivity contribution in [3.05, 3.63) is 46.9 Å². The summed E-state index contributed by atoms with van der Waals surface area (Å²) in [4.78, 5) is 23.3. The van der Waals surface area contributed by atoms with E-state index in [0.717, 1.165) is 0 Å². The lowest BCUT2D eigenvalue weighted by molar-refractivity contribution is 0.415. The summed E-state index contributed by atoms with van der Waals surface area (Å²) in [5.74, 6) is 0.976. The Balaban J connectivity index is 2.28. The Morgan fingerprint density at radius 1 is 1.30 bits per heavy atom. The van der Waals surface area contributed by atoms with Crippen molar-refractivity contribution in [2.24, 2.45) is 0 Å². The molecule has 2 aromatic heterocycles. The van der Waals surface area contributed by atoms with Gasteiger partial charge in [0.15, 0.2) is 5.82 Å². The lowest BCUT2D eigenvalue weighted by Crippen LogP contribution is -2.10. The number of aromatic nitrogens is 3. The first kappa shape index (κ1) is 12.2. The van der Waals surface area contributed by atoms with Gasteiger partial charge in [0, 0.05) is 12.3 Å². The highest BCUT2D eigenvalue weighted by molar-refractivity contribution is 5.81. The van der Waals surface area contributed by atoms with Crippen LogP contribution in [0.4, 0.5) is 5.69 Å². The van der Waals surface area contributed by atoms with Gasteiger partial charge in [-0.1, -0.05) is 0 Å². The molecule has 0 bridgehead atoms. The van der Waals surface area contributed by atoms with E-state index >= 15 is 0 Å². The number of pyridine rings is 1. The van der Waals surface area contributed by atoms with E-state index in [9.17, 15) is 4.79 Å². The molecule has 2 heterocycles. The molecule has 0 saturated heterocycles. The average Bonchev–Trinajstić information content (AvgIpc) is 2.47. The molecule has 0 atom stereocenters. The van der Waals surface area contributed by atoms with Crippen molar-refractivity contribution in [3.8, 4) is 17.3 Å². The van der Waals surface area contributed by atoms with E-state index in [1.54, 1.807) is 43.6 Å². The number of nitrogens with one attached hydrogen (secondary N) is 1. The van der Waals surface area contributed by atoms with Crippen LogP contribution in [-0.2, 0) is 0 Å². The maximum Gasteiger partial charge on any atom is 0.259 e. The molecule has 0 fully saturated rings. The van der Waals surface area contributed by atoms with Crippen LogP contribution in [0.15, 0.2) is 41.3 Å². The van der Waals surface area contributed by atoms with Gasteiger partial charge in [0.1, 0.15) is 11.4 Å². The number of anilines is 1. The standard InChI is InChI=1S/C14H12N4O2/c1-20-8-4-5-9-11(7-8)17-13(18-14(9)19)12-10(15)3-2-6-16-12/h2-7H,15H2,1H3,(H,17,18,19). The highest BCUT2D eigenvalue weighted by atomic mass is 16.5. The molecule has 0 spiro atoms. The summed E-state index contributed by atoms with van der Waals surface area (Å²) < 4.78 is 5.14. The van der Waals surface area contributed by atoms with Crippen LogP contribution < -0.4 is 16.0 Å². The molecular formula is C14H12N4O2. The summed E-state index contributed by atoms with van der Waals surface area (Å²) in [6.07, 6.45) is 1.60. The number of nitrogen functional groups attached to an aromatic ring is 1. The highest BCUT2D eigenvalue weighted by Crippen LogP contribution is 2.21. The summed E-state index contributed by atoms with van der Waals surface area (Å²) in [5.41, 5.74) is 7.06. The quantitative estimate of drug-likeness (QED) is 0.735. The highest BCUT2D eigenvalue weighted by Gasteiger charge is 2.10. The van der Waals surface area contributed by atoms with Gasteiger partial charge in [0.25, 0.3) is 5.56 Å². The van der Waals surface area contributed by atoms with Crippen molar-refractivity contribution in [2.45, 2.75) is 0 Å². The number of H-pyrrole nitrogens is 1. The summed E-state index contributed by atoms with van der Waals surface area (Å²) in [6, 6.07) is 8.52. The van der Waals surface area contributed by atoms with E-state index in [4.69, 9.17) is 10.5 Å². The SMILES string of the molecule is COc1ccc2c(=O)[nH]c(-c3ncccc3N)nc2c1. The minimum atomic E-state index is -0.238. The van der Waals surface area contributed by atoms with Gasteiger partial charge in [-0.3, -0.25) is 9.78 Å². The van der Waals surface area contributed by atoms with Gasteiger partial charge in [0.05, 0.1) is 23.7 Å². The van der Waals surface area contributed by atoms with Crippen LogP contribution in [0.1, 0.15) is 0 Å². The van der Waals surface area contributed by atoms with Crippen LogP contribution in [0, 0.1) is 0 Å². The van der Waals surface area contributed by atoms with Crippen molar-refractivity contribution in [1.29, 1.82) is 0 Å². The Bertz CT molecular complexity index is 842. The van der Waals surface area contributed by atoms with E-state index in [0.29, 0.717) is 33.9 Å². The number of nitrogens with two attached hydrogens (primary N) is 1. The van der Waals surface area contributed by atoms with Gasteiger partial charge in [-0.05, 0) is 24.3 Å². The van der Waals surface area contributed by atoms with Crippen molar-refractivity contribution in [1.82, 2.24) is 15.0 Å². The third-order valence-corrected chi connectivity index (χ3v) is 2.98. The summed E-state index contributed by atoms with van der Waals surface area (Å²) >= 11 is 0. The maximum absolute atomic E-state index is 12.1. The number of fused-ring (bicyclic) bond motifs is 1. The number of hydrogen-bond donors (Lipinski definition) is 2. The monoisotopic (exact) mass is 268 g/mol. The number of rotatable bonds is 2. The lowest BCUT2D eigenvalue weighted by atomic mass is 10.2. The Morgan fingerprint density at radius 3 is 2.90 bits per heavy atom. The molecule has 3 aromatic rings. The van der Waals surface area contributed by atoms with Crippen molar-refractivity contribution < 1.29 is 4.74 Å². The molecule has 6 nitrogen and oxygen atoms in total. The Hall–Kier alpha value is -2.89.